The molecule has 1 aromatic carbocycles. The van der Waals surface area contributed by atoms with Gasteiger partial charge in [0.25, 0.3) is 11.5 Å². The van der Waals surface area contributed by atoms with Crippen molar-refractivity contribution in [2.45, 2.75) is 13.5 Å². The first-order chi connectivity index (χ1) is 12.1. The fourth-order valence-electron chi connectivity index (χ4n) is 2.57. The van der Waals surface area contributed by atoms with Crippen molar-refractivity contribution in [3.63, 3.8) is 0 Å². The molecule has 5 nitrogen and oxygen atoms in total. The topological polar surface area (TPSA) is 54.7 Å². The van der Waals surface area contributed by atoms with Crippen LogP contribution in [-0.2, 0) is 6.54 Å². The highest BCUT2D eigenvalue weighted by atomic mass is 16.2. The van der Waals surface area contributed by atoms with Crippen LogP contribution >= 0.6 is 0 Å². The molecule has 0 unspecified atom stereocenters. The van der Waals surface area contributed by atoms with Gasteiger partial charge in [0.2, 0.25) is 0 Å². The number of hydrogen-bond donors (Lipinski definition) is 0. The molecule has 0 spiro atoms. The molecule has 3 rings (SSSR count). The fraction of sp³-hybridized carbons (Fsp3) is 0.150. The molecule has 0 bridgehead atoms. The number of terminal acetylenes is 1. The van der Waals surface area contributed by atoms with Gasteiger partial charge in [0.15, 0.2) is 0 Å². The lowest BCUT2D eigenvalue weighted by molar-refractivity contribution is 0.0763. The van der Waals surface area contributed by atoms with Crippen molar-refractivity contribution in [2.24, 2.45) is 0 Å². The molecule has 1 amide bonds. The summed E-state index contributed by atoms with van der Waals surface area (Å²) in [5, 5.41) is 0. The van der Waals surface area contributed by atoms with Crippen molar-refractivity contribution >= 4 is 11.6 Å². The zero-order valence-corrected chi connectivity index (χ0v) is 13.8. The van der Waals surface area contributed by atoms with E-state index in [0.29, 0.717) is 12.2 Å². The molecule has 3 aromatic rings. The third-order valence-corrected chi connectivity index (χ3v) is 3.91. The number of carbonyl (C=O) groups excluding carboxylic acids is 1. The average molecular weight is 331 g/mol. The first-order valence-corrected chi connectivity index (χ1v) is 7.85. The van der Waals surface area contributed by atoms with E-state index >= 15 is 0 Å². The van der Waals surface area contributed by atoms with Crippen molar-refractivity contribution in [3.05, 3.63) is 81.9 Å². The highest BCUT2D eigenvalue weighted by Crippen LogP contribution is 2.09. The molecule has 0 saturated heterocycles. The number of benzene rings is 1. The lowest BCUT2D eigenvalue weighted by atomic mass is 10.1. The molecule has 124 valence electrons. The average Bonchev–Trinajstić information content (AvgIpc) is 2.63. The molecule has 2 heterocycles. The van der Waals surface area contributed by atoms with Crippen LogP contribution in [0.1, 0.15) is 21.5 Å². The molecule has 25 heavy (non-hydrogen) atoms. The largest absolute Gasteiger partial charge is 0.323 e. The first kappa shape index (κ1) is 16.5. The van der Waals surface area contributed by atoms with E-state index in [4.69, 9.17) is 6.42 Å². The molecule has 0 aliphatic rings. The number of nitrogens with zero attached hydrogens (tertiary/aromatic N) is 3. The van der Waals surface area contributed by atoms with E-state index in [1.807, 2.05) is 31.2 Å². The predicted molar refractivity (Wildman–Crippen MR) is 96.2 cm³/mol. The number of amides is 1. The minimum atomic E-state index is -0.422. The number of aromatic nitrogens is 2. The number of pyridine rings is 1. The Bertz CT molecular complexity index is 1010. The second kappa shape index (κ2) is 7.02. The highest BCUT2D eigenvalue weighted by molar-refractivity contribution is 5.94. The lowest BCUT2D eigenvalue weighted by Crippen LogP contribution is -2.35. The van der Waals surface area contributed by atoms with E-state index in [9.17, 15) is 9.59 Å². The van der Waals surface area contributed by atoms with E-state index in [1.54, 1.807) is 24.4 Å². The van der Waals surface area contributed by atoms with Crippen LogP contribution in [0.15, 0.2) is 59.7 Å². The Labute approximate surface area is 145 Å². The summed E-state index contributed by atoms with van der Waals surface area (Å²) in [6.07, 6.45) is 8.32. The summed E-state index contributed by atoms with van der Waals surface area (Å²) in [5.41, 5.74) is 2.18. The smallest absolute Gasteiger partial charge is 0.270 e. The zero-order valence-electron chi connectivity index (χ0n) is 13.8. The van der Waals surface area contributed by atoms with Crippen LogP contribution in [0.2, 0.25) is 0 Å². The van der Waals surface area contributed by atoms with Gasteiger partial charge in [0.1, 0.15) is 11.2 Å². The van der Waals surface area contributed by atoms with E-state index in [-0.39, 0.29) is 12.1 Å². The number of rotatable bonds is 4. The number of hydrogen-bond acceptors (Lipinski definition) is 3. The van der Waals surface area contributed by atoms with Crippen LogP contribution in [0.4, 0.5) is 0 Å². The molecule has 0 fully saturated rings. The van der Waals surface area contributed by atoms with Gasteiger partial charge >= 0.3 is 0 Å². The molecule has 0 N–H and O–H groups in total. The maximum Gasteiger partial charge on any atom is 0.270 e. The Morgan fingerprint density at radius 1 is 1.24 bits per heavy atom. The lowest BCUT2D eigenvalue weighted by Gasteiger charge is -2.20. The number of carbonyl (C=O) groups is 1. The van der Waals surface area contributed by atoms with Crippen molar-refractivity contribution in [2.75, 3.05) is 6.54 Å². The van der Waals surface area contributed by atoms with Gasteiger partial charge < -0.3 is 4.90 Å². The van der Waals surface area contributed by atoms with Crippen molar-refractivity contribution in [1.29, 1.82) is 0 Å². The maximum atomic E-state index is 12.8. The highest BCUT2D eigenvalue weighted by Gasteiger charge is 2.20. The van der Waals surface area contributed by atoms with Gasteiger partial charge in [0, 0.05) is 18.9 Å². The maximum absolute atomic E-state index is 12.8. The normalized spacial score (nSPS) is 10.4. The van der Waals surface area contributed by atoms with Gasteiger partial charge in [-0.3, -0.25) is 14.0 Å². The molecule has 5 heteroatoms. The summed E-state index contributed by atoms with van der Waals surface area (Å²) in [6, 6.07) is 13.0. The van der Waals surface area contributed by atoms with Gasteiger partial charge in [-0.25, -0.2) is 4.98 Å². The Balaban J connectivity index is 1.95. The quantitative estimate of drug-likeness (QED) is 0.689. The Hall–Kier alpha value is -3.39. The number of fused-ring (bicyclic) bond motifs is 1. The molecule has 0 aliphatic carbocycles. The molecule has 2 aromatic heterocycles. The summed E-state index contributed by atoms with van der Waals surface area (Å²) in [7, 11) is 0. The van der Waals surface area contributed by atoms with Gasteiger partial charge in [-0.1, -0.05) is 41.8 Å². The predicted octanol–water partition coefficient (Wildman–Crippen LogP) is 2.28. The van der Waals surface area contributed by atoms with Gasteiger partial charge in [-0.05, 0) is 24.6 Å². The molecular formula is C20H17N3O2. The van der Waals surface area contributed by atoms with Crippen LogP contribution in [0.25, 0.3) is 5.65 Å². The molecular weight excluding hydrogens is 314 g/mol. The van der Waals surface area contributed by atoms with Crippen molar-refractivity contribution < 1.29 is 4.79 Å². The minimum absolute atomic E-state index is 0.00561. The summed E-state index contributed by atoms with van der Waals surface area (Å²) in [5.74, 6) is 2.06. The SMILES string of the molecule is C#CCN(Cc1ccc(C)cc1)C(=O)c1cnc2ccccn2c1=O. The van der Waals surface area contributed by atoms with E-state index in [1.165, 1.54) is 15.5 Å². The standard InChI is InChI=1S/C20H17N3O2/c1-3-11-22(14-16-9-7-15(2)8-10-16)19(24)17-13-21-18-6-4-5-12-23(18)20(17)25/h1,4-10,12-13H,11,14H2,2H3. The summed E-state index contributed by atoms with van der Waals surface area (Å²) < 4.78 is 1.35. The van der Waals surface area contributed by atoms with Crippen LogP contribution in [0.3, 0.4) is 0 Å². The number of aryl methyl sites for hydroxylation is 1. The summed E-state index contributed by atoms with van der Waals surface area (Å²) in [4.78, 5) is 31.1. The summed E-state index contributed by atoms with van der Waals surface area (Å²) >= 11 is 0. The molecule has 0 radical (unpaired) electrons. The van der Waals surface area contributed by atoms with Gasteiger partial charge in [-0.2, -0.15) is 0 Å². The third kappa shape index (κ3) is 3.43. The summed E-state index contributed by atoms with van der Waals surface area (Å²) in [6.45, 7) is 2.44. The van der Waals surface area contributed by atoms with Crippen LogP contribution in [0.5, 0.6) is 0 Å². The Morgan fingerprint density at radius 3 is 2.72 bits per heavy atom. The Morgan fingerprint density at radius 2 is 2.00 bits per heavy atom. The molecule has 0 aliphatic heterocycles. The van der Waals surface area contributed by atoms with Crippen molar-refractivity contribution in [3.8, 4) is 12.3 Å². The third-order valence-electron chi connectivity index (χ3n) is 3.91. The van der Waals surface area contributed by atoms with Crippen LogP contribution < -0.4 is 5.56 Å². The van der Waals surface area contributed by atoms with Crippen LogP contribution in [-0.4, -0.2) is 26.7 Å². The fourth-order valence-corrected chi connectivity index (χ4v) is 2.57. The monoisotopic (exact) mass is 331 g/mol. The van der Waals surface area contributed by atoms with Gasteiger partial charge in [-0.15, -0.1) is 6.42 Å². The van der Waals surface area contributed by atoms with Crippen molar-refractivity contribution in [1.82, 2.24) is 14.3 Å². The second-order valence-electron chi connectivity index (χ2n) is 5.76. The van der Waals surface area contributed by atoms with Crippen LogP contribution in [0, 0.1) is 19.3 Å². The Kier molecular flexibility index (Phi) is 4.62. The van der Waals surface area contributed by atoms with E-state index < -0.39 is 11.5 Å². The molecule has 0 atom stereocenters. The second-order valence-corrected chi connectivity index (χ2v) is 5.76. The van der Waals surface area contributed by atoms with E-state index in [0.717, 1.165) is 11.1 Å². The zero-order chi connectivity index (χ0) is 17.8. The first-order valence-electron chi connectivity index (χ1n) is 7.85. The van der Waals surface area contributed by atoms with Gasteiger partial charge in [0.05, 0.1) is 6.54 Å². The molecule has 0 saturated carbocycles. The minimum Gasteiger partial charge on any atom is -0.323 e. The van der Waals surface area contributed by atoms with E-state index in [2.05, 4.69) is 10.9 Å².